The Hall–Kier alpha value is -2.62. The molecule has 0 aliphatic carbocycles. The van der Waals surface area contributed by atoms with Crippen LogP contribution in [-0.4, -0.2) is 9.97 Å². The van der Waals surface area contributed by atoms with Crippen molar-refractivity contribution in [2.75, 3.05) is 5.73 Å². The number of anilines is 1. The maximum absolute atomic E-state index is 5.87. The van der Waals surface area contributed by atoms with Gasteiger partial charge in [0.25, 0.3) is 0 Å². The topological polar surface area (TPSA) is 61.0 Å². The van der Waals surface area contributed by atoms with E-state index in [0.717, 1.165) is 22.1 Å². The van der Waals surface area contributed by atoms with Crippen LogP contribution in [0, 0.1) is 6.92 Å². The third-order valence-electron chi connectivity index (χ3n) is 3.03. The summed E-state index contributed by atoms with van der Waals surface area (Å²) in [6.45, 7) is 1.84. The first-order valence-corrected chi connectivity index (χ1v) is 5.98. The predicted molar refractivity (Wildman–Crippen MR) is 75.2 cm³/mol. The van der Waals surface area contributed by atoms with Gasteiger partial charge in [-0.1, -0.05) is 36.4 Å². The Morgan fingerprint density at radius 2 is 1.79 bits per heavy atom. The van der Waals surface area contributed by atoms with Crippen LogP contribution in [0.1, 0.15) is 5.56 Å². The zero-order chi connectivity index (χ0) is 13.2. The van der Waals surface area contributed by atoms with Crippen molar-refractivity contribution in [1.29, 1.82) is 0 Å². The smallest absolute Gasteiger partial charge is 0.227 e. The normalized spacial score (nSPS) is 10.6. The summed E-state index contributed by atoms with van der Waals surface area (Å²) < 4.78 is 5.87. The van der Waals surface area contributed by atoms with Gasteiger partial charge in [0.15, 0.2) is 0 Å². The van der Waals surface area contributed by atoms with Gasteiger partial charge >= 0.3 is 0 Å². The Balaban J connectivity index is 2.09. The number of rotatable bonds is 2. The molecule has 0 amide bonds. The number of fused-ring (bicyclic) bond motifs is 1. The lowest BCUT2D eigenvalue weighted by atomic mass is 10.1. The highest BCUT2D eigenvalue weighted by Gasteiger charge is 2.08. The highest BCUT2D eigenvalue weighted by Crippen LogP contribution is 2.30. The fraction of sp³-hybridized carbons (Fsp3) is 0.0667. The predicted octanol–water partition coefficient (Wildman–Crippen LogP) is 3.31. The fourth-order valence-electron chi connectivity index (χ4n) is 1.94. The second-order valence-corrected chi connectivity index (χ2v) is 4.27. The SMILES string of the molecule is Cc1c(N)ncnc1Oc1cccc2ccccc12. The molecule has 4 nitrogen and oxygen atoms in total. The number of benzene rings is 2. The summed E-state index contributed by atoms with van der Waals surface area (Å²) in [6.07, 6.45) is 1.41. The number of ether oxygens (including phenoxy) is 1. The Kier molecular flexibility index (Phi) is 2.76. The van der Waals surface area contributed by atoms with Gasteiger partial charge < -0.3 is 10.5 Å². The molecule has 2 aromatic carbocycles. The van der Waals surface area contributed by atoms with E-state index in [4.69, 9.17) is 10.5 Å². The van der Waals surface area contributed by atoms with Gasteiger partial charge in [-0.15, -0.1) is 0 Å². The molecule has 0 aliphatic heterocycles. The zero-order valence-corrected chi connectivity index (χ0v) is 10.5. The summed E-state index contributed by atoms with van der Waals surface area (Å²) in [6, 6.07) is 14.0. The second kappa shape index (κ2) is 4.57. The monoisotopic (exact) mass is 251 g/mol. The van der Waals surface area contributed by atoms with Gasteiger partial charge in [-0.3, -0.25) is 0 Å². The van der Waals surface area contributed by atoms with Gasteiger partial charge in [0.1, 0.15) is 17.9 Å². The lowest BCUT2D eigenvalue weighted by Crippen LogP contribution is -1.99. The van der Waals surface area contributed by atoms with Crippen molar-refractivity contribution >= 4 is 16.6 Å². The van der Waals surface area contributed by atoms with Crippen LogP contribution in [0.25, 0.3) is 10.8 Å². The first-order chi connectivity index (χ1) is 9.25. The standard InChI is InChI=1S/C15H13N3O/c1-10-14(16)17-9-18-15(10)19-13-8-4-6-11-5-2-3-7-12(11)13/h2-9H,1H3,(H2,16,17,18). The molecule has 0 aliphatic rings. The summed E-state index contributed by atoms with van der Waals surface area (Å²) in [5.41, 5.74) is 6.50. The molecule has 19 heavy (non-hydrogen) atoms. The minimum absolute atomic E-state index is 0.435. The molecule has 4 heteroatoms. The van der Waals surface area contributed by atoms with Crippen molar-refractivity contribution in [3.05, 3.63) is 54.4 Å². The summed E-state index contributed by atoms with van der Waals surface area (Å²) in [7, 11) is 0. The molecule has 3 rings (SSSR count). The van der Waals surface area contributed by atoms with Gasteiger partial charge in [-0.25, -0.2) is 9.97 Å². The highest BCUT2D eigenvalue weighted by atomic mass is 16.5. The molecule has 2 N–H and O–H groups in total. The number of nitrogens with zero attached hydrogens (tertiary/aromatic N) is 2. The molecule has 0 radical (unpaired) electrons. The van der Waals surface area contributed by atoms with E-state index in [1.54, 1.807) is 0 Å². The summed E-state index contributed by atoms with van der Waals surface area (Å²) in [5.74, 6) is 1.69. The van der Waals surface area contributed by atoms with Gasteiger partial charge in [0, 0.05) is 5.39 Å². The number of nitrogens with two attached hydrogens (primary N) is 1. The summed E-state index contributed by atoms with van der Waals surface area (Å²) in [4.78, 5) is 8.06. The molecular formula is C15H13N3O. The molecule has 3 aromatic rings. The van der Waals surface area contributed by atoms with E-state index in [-0.39, 0.29) is 0 Å². The van der Waals surface area contributed by atoms with Crippen molar-refractivity contribution < 1.29 is 4.74 Å². The second-order valence-electron chi connectivity index (χ2n) is 4.27. The lowest BCUT2D eigenvalue weighted by Gasteiger charge is -2.10. The molecule has 0 bridgehead atoms. The number of hydrogen-bond acceptors (Lipinski definition) is 4. The van der Waals surface area contributed by atoms with E-state index in [1.165, 1.54) is 6.33 Å². The molecule has 94 valence electrons. The molecule has 0 saturated heterocycles. The first-order valence-electron chi connectivity index (χ1n) is 5.98. The molecule has 0 spiro atoms. The van der Waals surface area contributed by atoms with Crippen molar-refractivity contribution in [3.63, 3.8) is 0 Å². The van der Waals surface area contributed by atoms with Crippen molar-refractivity contribution in [2.24, 2.45) is 0 Å². The van der Waals surface area contributed by atoms with Crippen molar-refractivity contribution in [3.8, 4) is 11.6 Å². The first kappa shape index (κ1) is 11.5. The Morgan fingerprint density at radius 1 is 1.00 bits per heavy atom. The van der Waals surface area contributed by atoms with Crippen LogP contribution in [0.2, 0.25) is 0 Å². The average molecular weight is 251 g/mol. The number of hydrogen-bond donors (Lipinski definition) is 1. The van der Waals surface area contributed by atoms with Crippen molar-refractivity contribution in [1.82, 2.24) is 9.97 Å². The van der Waals surface area contributed by atoms with Crippen LogP contribution in [0.15, 0.2) is 48.8 Å². The molecule has 1 aromatic heterocycles. The van der Waals surface area contributed by atoms with E-state index in [1.807, 2.05) is 49.4 Å². The molecule has 0 unspecified atom stereocenters. The lowest BCUT2D eigenvalue weighted by molar-refractivity contribution is 0.463. The average Bonchev–Trinajstić information content (AvgIpc) is 2.44. The minimum Gasteiger partial charge on any atom is -0.438 e. The third kappa shape index (κ3) is 2.08. The summed E-state index contributed by atoms with van der Waals surface area (Å²) in [5, 5.41) is 2.17. The molecule has 0 fully saturated rings. The van der Waals surface area contributed by atoms with Gasteiger partial charge in [-0.05, 0) is 18.4 Å². The largest absolute Gasteiger partial charge is 0.438 e. The molecular weight excluding hydrogens is 238 g/mol. The third-order valence-corrected chi connectivity index (χ3v) is 3.03. The number of nitrogen functional groups attached to an aromatic ring is 1. The van der Waals surface area contributed by atoms with E-state index in [0.29, 0.717) is 11.7 Å². The van der Waals surface area contributed by atoms with Crippen LogP contribution in [-0.2, 0) is 0 Å². The maximum atomic E-state index is 5.87. The maximum Gasteiger partial charge on any atom is 0.227 e. The summed E-state index contributed by atoms with van der Waals surface area (Å²) >= 11 is 0. The fourth-order valence-corrected chi connectivity index (χ4v) is 1.94. The van der Waals surface area contributed by atoms with Crippen LogP contribution >= 0.6 is 0 Å². The number of aromatic nitrogens is 2. The zero-order valence-electron chi connectivity index (χ0n) is 10.5. The highest BCUT2D eigenvalue weighted by molar-refractivity contribution is 5.88. The Labute approximate surface area is 110 Å². The van der Waals surface area contributed by atoms with E-state index >= 15 is 0 Å². The van der Waals surface area contributed by atoms with Gasteiger partial charge in [0.2, 0.25) is 5.88 Å². The minimum atomic E-state index is 0.435. The van der Waals surface area contributed by atoms with Crippen LogP contribution in [0.4, 0.5) is 5.82 Å². The molecule has 0 atom stereocenters. The van der Waals surface area contributed by atoms with E-state index in [9.17, 15) is 0 Å². The van der Waals surface area contributed by atoms with Crippen LogP contribution in [0.5, 0.6) is 11.6 Å². The molecule has 0 saturated carbocycles. The molecule has 1 heterocycles. The van der Waals surface area contributed by atoms with Crippen molar-refractivity contribution in [2.45, 2.75) is 6.92 Å². The van der Waals surface area contributed by atoms with Gasteiger partial charge in [-0.2, -0.15) is 0 Å². The van der Waals surface area contributed by atoms with Gasteiger partial charge in [0.05, 0.1) is 5.56 Å². The van der Waals surface area contributed by atoms with E-state index in [2.05, 4.69) is 9.97 Å². The Bertz CT molecular complexity index is 735. The van der Waals surface area contributed by atoms with E-state index < -0.39 is 0 Å². The Morgan fingerprint density at radius 3 is 2.68 bits per heavy atom. The van der Waals surface area contributed by atoms with Crippen LogP contribution in [0.3, 0.4) is 0 Å². The van der Waals surface area contributed by atoms with Crippen LogP contribution < -0.4 is 10.5 Å². The quantitative estimate of drug-likeness (QED) is 0.759.